The summed E-state index contributed by atoms with van der Waals surface area (Å²) in [6.45, 7) is 0. The first-order valence-electron chi connectivity index (χ1n) is 7.02. The topological polar surface area (TPSA) is 17.3 Å². The Morgan fingerprint density at radius 3 is 2.95 bits per heavy atom. The normalized spacial score (nSPS) is 16.4. The maximum Gasteiger partial charge on any atom is 0.194 e. The summed E-state index contributed by atoms with van der Waals surface area (Å²) >= 11 is 1.91. The minimum atomic E-state index is 1.14. The van der Waals surface area contributed by atoms with Gasteiger partial charge in [-0.05, 0) is 37.7 Å². The van der Waals surface area contributed by atoms with Crippen LogP contribution in [0.1, 0.15) is 28.2 Å². The van der Waals surface area contributed by atoms with E-state index >= 15 is 0 Å². The summed E-state index contributed by atoms with van der Waals surface area (Å²) in [6.07, 6.45) is 6.10. The van der Waals surface area contributed by atoms with Gasteiger partial charge in [0, 0.05) is 16.1 Å². The Morgan fingerprint density at radius 1 is 1.00 bits per heavy atom. The minimum absolute atomic E-state index is 1.14. The van der Waals surface area contributed by atoms with Crippen molar-refractivity contribution in [2.24, 2.45) is 0 Å². The molecule has 1 aromatic carbocycles. The smallest absolute Gasteiger partial charge is 0.194 e. The summed E-state index contributed by atoms with van der Waals surface area (Å²) in [5, 5.41) is 0. The number of hydrogen-bond donors (Lipinski definition) is 0. The average molecular weight is 266 g/mol. The van der Waals surface area contributed by atoms with Crippen molar-refractivity contribution in [3.63, 3.8) is 0 Å². The monoisotopic (exact) mass is 266 g/mol. The van der Waals surface area contributed by atoms with E-state index in [4.69, 9.17) is 4.98 Å². The van der Waals surface area contributed by atoms with E-state index in [0.717, 1.165) is 12.8 Å². The van der Waals surface area contributed by atoms with Gasteiger partial charge in [0.15, 0.2) is 4.96 Å². The summed E-state index contributed by atoms with van der Waals surface area (Å²) in [6, 6.07) is 8.74. The predicted octanol–water partition coefficient (Wildman–Crippen LogP) is 3.65. The molecular formula is C16H14N2S. The van der Waals surface area contributed by atoms with Gasteiger partial charge in [-0.25, -0.2) is 4.98 Å². The molecule has 3 heteroatoms. The van der Waals surface area contributed by atoms with E-state index in [1.165, 1.54) is 46.7 Å². The molecule has 2 heterocycles. The van der Waals surface area contributed by atoms with E-state index in [9.17, 15) is 0 Å². The van der Waals surface area contributed by atoms with Crippen molar-refractivity contribution in [3.05, 3.63) is 46.1 Å². The second-order valence-electron chi connectivity index (χ2n) is 5.51. The molecule has 0 spiro atoms. The molecule has 0 atom stereocenters. The zero-order valence-electron chi connectivity index (χ0n) is 10.6. The number of rotatable bonds is 0. The molecule has 0 N–H and O–H groups in total. The lowest BCUT2D eigenvalue weighted by atomic mass is 9.92. The Morgan fingerprint density at radius 2 is 1.95 bits per heavy atom. The maximum atomic E-state index is 4.94. The molecule has 3 aromatic rings. The Bertz CT molecular complexity index is 810. The van der Waals surface area contributed by atoms with E-state index in [1.54, 1.807) is 10.6 Å². The quantitative estimate of drug-likeness (QED) is 0.607. The lowest BCUT2D eigenvalue weighted by Crippen LogP contribution is -2.06. The maximum absolute atomic E-state index is 4.94. The lowest BCUT2D eigenvalue weighted by Gasteiger charge is -2.15. The molecule has 0 fully saturated rings. The molecule has 0 unspecified atom stereocenters. The summed E-state index contributed by atoms with van der Waals surface area (Å²) in [5.74, 6) is 0. The van der Waals surface area contributed by atoms with Crippen molar-refractivity contribution in [2.45, 2.75) is 32.1 Å². The van der Waals surface area contributed by atoms with Crippen molar-refractivity contribution in [3.8, 4) is 11.3 Å². The van der Waals surface area contributed by atoms with Gasteiger partial charge in [-0.15, -0.1) is 11.3 Å². The fraction of sp³-hybridized carbons (Fsp3) is 0.312. The molecule has 94 valence electrons. The molecule has 0 amide bonds. The first-order valence-corrected chi connectivity index (χ1v) is 7.83. The molecule has 2 aliphatic carbocycles. The number of hydrogen-bond acceptors (Lipinski definition) is 2. The van der Waals surface area contributed by atoms with Crippen LogP contribution >= 0.6 is 11.3 Å². The van der Waals surface area contributed by atoms with E-state index < -0.39 is 0 Å². The third-order valence-electron chi connectivity index (χ3n) is 4.47. The minimum Gasteiger partial charge on any atom is -0.291 e. The zero-order valence-corrected chi connectivity index (χ0v) is 11.5. The molecule has 0 radical (unpaired) electrons. The van der Waals surface area contributed by atoms with Crippen LogP contribution in [-0.4, -0.2) is 9.38 Å². The van der Waals surface area contributed by atoms with Gasteiger partial charge in [0.2, 0.25) is 0 Å². The number of nitrogens with zero attached hydrogens (tertiary/aromatic N) is 2. The van der Waals surface area contributed by atoms with Crippen LogP contribution < -0.4 is 0 Å². The summed E-state index contributed by atoms with van der Waals surface area (Å²) in [5.41, 5.74) is 7.05. The summed E-state index contributed by atoms with van der Waals surface area (Å²) in [7, 11) is 0. The van der Waals surface area contributed by atoms with Gasteiger partial charge < -0.3 is 0 Å². The van der Waals surface area contributed by atoms with Gasteiger partial charge in [-0.1, -0.05) is 24.3 Å². The number of imidazole rings is 1. The number of aryl methyl sites for hydroxylation is 4. The molecular weight excluding hydrogens is 252 g/mol. The molecule has 0 aliphatic heterocycles. The highest BCUT2D eigenvalue weighted by atomic mass is 32.1. The largest absolute Gasteiger partial charge is 0.291 e. The summed E-state index contributed by atoms with van der Waals surface area (Å²) < 4.78 is 2.47. The number of benzene rings is 1. The molecule has 5 rings (SSSR count). The highest BCUT2D eigenvalue weighted by molar-refractivity contribution is 7.17. The lowest BCUT2D eigenvalue weighted by molar-refractivity contribution is 0.841. The SMILES string of the molecule is c1ccc2c(c1)CCc1c-2nc2sc3c(n12)CCC3. The molecule has 0 saturated carbocycles. The van der Waals surface area contributed by atoms with Gasteiger partial charge in [0.1, 0.15) is 0 Å². The Hall–Kier alpha value is -1.61. The Kier molecular flexibility index (Phi) is 1.87. The van der Waals surface area contributed by atoms with Crippen molar-refractivity contribution in [1.29, 1.82) is 0 Å². The van der Waals surface area contributed by atoms with E-state index in [-0.39, 0.29) is 0 Å². The molecule has 0 saturated heterocycles. The molecule has 19 heavy (non-hydrogen) atoms. The van der Waals surface area contributed by atoms with Gasteiger partial charge in [0.05, 0.1) is 11.4 Å². The zero-order chi connectivity index (χ0) is 12.4. The van der Waals surface area contributed by atoms with Gasteiger partial charge in [-0.2, -0.15) is 0 Å². The van der Waals surface area contributed by atoms with Crippen molar-refractivity contribution in [1.82, 2.24) is 9.38 Å². The van der Waals surface area contributed by atoms with Crippen molar-refractivity contribution < 1.29 is 0 Å². The van der Waals surface area contributed by atoms with Crippen LogP contribution in [0.5, 0.6) is 0 Å². The first-order chi connectivity index (χ1) is 9.42. The Balaban J connectivity index is 1.86. The van der Waals surface area contributed by atoms with Gasteiger partial charge in [0.25, 0.3) is 0 Å². The average Bonchev–Trinajstić information content (AvgIpc) is 3.07. The van der Waals surface area contributed by atoms with Crippen LogP contribution in [0.2, 0.25) is 0 Å². The van der Waals surface area contributed by atoms with Crippen molar-refractivity contribution in [2.75, 3.05) is 0 Å². The fourth-order valence-corrected chi connectivity index (χ4v) is 4.83. The summed E-state index contributed by atoms with van der Waals surface area (Å²) in [4.78, 5) is 7.73. The van der Waals surface area contributed by atoms with E-state index in [1.807, 2.05) is 11.3 Å². The third-order valence-corrected chi connectivity index (χ3v) is 5.61. The molecule has 2 aromatic heterocycles. The van der Waals surface area contributed by atoms with Crippen LogP contribution in [0, 0.1) is 0 Å². The van der Waals surface area contributed by atoms with Gasteiger partial charge in [-0.3, -0.25) is 4.40 Å². The number of fused-ring (bicyclic) bond motifs is 7. The van der Waals surface area contributed by atoms with Crippen LogP contribution in [0.15, 0.2) is 24.3 Å². The van der Waals surface area contributed by atoms with Gasteiger partial charge >= 0.3 is 0 Å². The van der Waals surface area contributed by atoms with Crippen LogP contribution in [-0.2, 0) is 25.7 Å². The first kappa shape index (κ1) is 10.2. The molecule has 0 bridgehead atoms. The Labute approximate surface area is 115 Å². The standard InChI is InChI=1S/C16H14N2S/c1-2-5-11-10(4-1)8-9-13-15(11)17-16-18(13)12-6-3-7-14(12)19-16/h1-2,4-5H,3,6-9H2. The van der Waals surface area contributed by atoms with Crippen molar-refractivity contribution >= 4 is 16.3 Å². The highest BCUT2D eigenvalue weighted by Gasteiger charge is 2.26. The predicted molar refractivity (Wildman–Crippen MR) is 77.9 cm³/mol. The highest BCUT2D eigenvalue weighted by Crippen LogP contribution is 2.39. The number of thiazole rings is 1. The molecule has 2 nitrogen and oxygen atoms in total. The number of aromatic nitrogens is 2. The fourth-order valence-electron chi connectivity index (χ4n) is 3.60. The van der Waals surface area contributed by atoms with Crippen LogP contribution in [0.3, 0.4) is 0 Å². The second kappa shape index (κ2) is 3.48. The van der Waals surface area contributed by atoms with E-state index in [2.05, 4.69) is 28.7 Å². The third kappa shape index (κ3) is 1.24. The van der Waals surface area contributed by atoms with E-state index in [0.29, 0.717) is 0 Å². The molecule has 2 aliphatic rings. The van der Waals surface area contributed by atoms with Crippen LogP contribution in [0.4, 0.5) is 0 Å². The van der Waals surface area contributed by atoms with Crippen LogP contribution in [0.25, 0.3) is 16.2 Å². The second-order valence-corrected chi connectivity index (χ2v) is 6.57.